The Morgan fingerprint density at radius 2 is 1.93 bits per heavy atom. The van der Waals surface area contributed by atoms with Crippen LogP contribution in [0.4, 0.5) is 4.79 Å². The highest BCUT2D eigenvalue weighted by Gasteiger charge is 2.28. The molecule has 3 rings (SSSR count). The summed E-state index contributed by atoms with van der Waals surface area (Å²) in [6, 6.07) is 6.12. The van der Waals surface area contributed by atoms with Crippen molar-refractivity contribution in [3.8, 4) is 0 Å². The Hall–Kier alpha value is -2.76. The Bertz CT molecular complexity index is 949. The largest absolute Gasteiger partial charge is 0.465 e. The zero-order valence-electron chi connectivity index (χ0n) is 17.4. The smallest absolute Gasteiger partial charge is 0.410 e. The number of fused-ring (bicyclic) bond motifs is 1. The van der Waals surface area contributed by atoms with Gasteiger partial charge in [-0.1, -0.05) is 18.2 Å². The lowest BCUT2D eigenvalue weighted by Gasteiger charge is -2.34. The van der Waals surface area contributed by atoms with Gasteiger partial charge in [-0.15, -0.1) is 0 Å². The summed E-state index contributed by atoms with van der Waals surface area (Å²) in [6.45, 7) is 8.17. The van der Waals surface area contributed by atoms with Gasteiger partial charge in [0.15, 0.2) is 0 Å². The summed E-state index contributed by atoms with van der Waals surface area (Å²) in [7, 11) is 3.31. The third-order valence-corrected chi connectivity index (χ3v) is 4.98. The SMILES string of the molecule is COC(=O)c1cn(C)c2cc(C3=CCN(C(=O)OC(C)(C)C)C(C)C3)ccc12. The van der Waals surface area contributed by atoms with Crippen molar-refractivity contribution >= 4 is 28.5 Å². The highest BCUT2D eigenvalue weighted by atomic mass is 16.6. The van der Waals surface area contributed by atoms with Gasteiger partial charge >= 0.3 is 12.1 Å². The van der Waals surface area contributed by atoms with Crippen molar-refractivity contribution in [3.05, 3.63) is 41.6 Å². The molecule has 0 saturated heterocycles. The Morgan fingerprint density at radius 3 is 2.54 bits per heavy atom. The first-order valence-corrected chi connectivity index (χ1v) is 9.47. The van der Waals surface area contributed by atoms with Gasteiger partial charge in [0.25, 0.3) is 0 Å². The third-order valence-electron chi connectivity index (χ3n) is 4.98. The predicted octanol–water partition coefficient (Wildman–Crippen LogP) is 4.38. The maximum absolute atomic E-state index is 12.4. The first-order valence-electron chi connectivity index (χ1n) is 9.47. The van der Waals surface area contributed by atoms with E-state index in [0.717, 1.165) is 22.9 Å². The number of hydrogen-bond acceptors (Lipinski definition) is 4. The third kappa shape index (κ3) is 3.91. The van der Waals surface area contributed by atoms with Crippen molar-refractivity contribution in [2.24, 2.45) is 7.05 Å². The first kappa shape index (κ1) is 20.0. The van der Waals surface area contributed by atoms with E-state index in [1.165, 1.54) is 12.7 Å². The average Bonchev–Trinajstić information content (AvgIpc) is 2.95. The fourth-order valence-electron chi connectivity index (χ4n) is 3.57. The molecule has 150 valence electrons. The molecular weight excluding hydrogens is 356 g/mol. The standard InChI is InChI=1S/C22H28N2O4/c1-14-11-16(9-10-24(14)21(26)28-22(2,3)4)15-7-8-17-18(20(25)27-6)13-23(5)19(17)12-15/h7-9,12-14H,10-11H2,1-6H3. The van der Waals surface area contributed by atoms with Gasteiger partial charge in [-0.05, 0) is 51.3 Å². The molecule has 0 N–H and O–H groups in total. The molecule has 1 aliphatic heterocycles. The molecule has 2 heterocycles. The van der Waals surface area contributed by atoms with E-state index in [1.807, 2.05) is 51.4 Å². The van der Waals surface area contributed by atoms with Crippen LogP contribution in [-0.4, -0.2) is 46.8 Å². The van der Waals surface area contributed by atoms with E-state index in [9.17, 15) is 9.59 Å². The number of carbonyl (C=O) groups excluding carboxylic acids is 2. The van der Waals surface area contributed by atoms with Crippen LogP contribution in [0, 0.1) is 0 Å². The van der Waals surface area contributed by atoms with Gasteiger partial charge in [0, 0.05) is 36.7 Å². The number of benzene rings is 1. The van der Waals surface area contributed by atoms with Gasteiger partial charge in [0.1, 0.15) is 5.60 Å². The molecule has 1 aromatic carbocycles. The predicted molar refractivity (Wildman–Crippen MR) is 109 cm³/mol. The fourth-order valence-corrected chi connectivity index (χ4v) is 3.57. The minimum atomic E-state index is -0.504. The zero-order chi connectivity index (χ0) is 20.6. The number of rotatable bonds is 2. The topological polar surface area (TPSA) is 60.8 Å². The van der Waals surface area contributed by atoms with Crippen LogP contribution >= 0.6 is 0 Å². The number of aromatic nitrogens is 1. The Balaban J connectivity index is 1.86. The highest BCUT2D eigenvalue weighted by molar-refractivity contribution is 6.05. The van der Waals surface area contributed by atoms with Crippen LogP contribution in [0.3, 0.4) is 0 Å². The van der Waals surface area contributed by atoms with Crippen molar-refractivity contribution in [2.45, 2.75) is 45.8 Å². The molecule has 0 radical (unpaired) electrons. The fraction of sp³-hybridized carbons (Fsp3) is 0.455. The van der Waals surface area contributed by atoms with Gasteiger partial charge in [-0.2, -0.15) is 0 Å². The van der Waals surface area contributed by atoms with Gasteiger partial charge in [0.05, 0.1) is 12.7 Å². The van der Waals surface area contributed by atoms with Crippen LogP contribution in [0.1, 0.15) is 50.0 Å². The molecule has 1 unspecified atom stereocenters. The number of esters is 1. The van der Waals surface area contributed by atoms with Gasteiger partial charge < -0.3 is 18.9 Å². The molecule has 0 saturated carbocycles. The van der Waals surface area contributed by atoms with E-state index in [4.69, 9.17) is 9.47 Å². The summed E-state index contributed by atoms with van der Waals surface area (Å²) >= 11 is 0. The van der Waals surface area contributed by atoms with E-state index < -0.39 is 5.60 Å². The Morgan fingerprint density at radius 1 is 1.21 bits per heavy atom. The van der Waals surface area contributed by atoms with E-state index >= 15 is 0 Å². The summed E-state index contributed by atoms with van der Waals surface area (Å²) in [6.07, 6.45) is 4.34. The molecule has 28 heavy (non-hydrogen) atoms. The average molecular weight is 384 g/mol. The normalized spacial score (nSPS) is 17.4. The quantitative estimate of drug-likeness (QED) is 0.721. The molecule has 0 aliphatic carbocycles. The summed E-state index contributed by atoms with van der Waals surface area (Å²) in [5.41, 5.74) is 3.32. The lowest BCUT2D eigenvalue weighted by Crippen LogP contribution is -2.44. The van der Waals surface area contributed by atoms with Gasteiger partial charge in [-0.25, -0.2) is 9.59 Å². The Kier molecular flexibility index (Phi) is 5.24. The number of nitrogens with zero attached hydrogens (tertiary/aromatic N) is 2. The van der Waals surface area contributed by atoms with Crippen LogP contribution in [-0.2, 0) is 16.5 Å². The number of aryl methyl sites for hydroxylation is 1. The number of hydrogen-bond donors (Lipinski definition) is 0. The second-order valence-corrected chi connectivity index (χ2v) is 8.29. The zero-order valence-corrected chi connectivity index (χ0v) is 17.4. The molecule has 0 fully saturated rings. The van der Waals surface area contributed by atoms with Crippen molar-refractivity contribution < 1.29 is 19.1 Å². The van der Waals surface area contributed by atoms with Gasteiger partial charge in [-0.3, -0.25) is 0 Å². The van der Waals surface area contributed by atoms with E-state index in [1.54, 1.807) is 11.1 Å². The molecule has 1 aromatic heterocycles. The monoisotopic (exact) mass is 384 g/mol. The molecule has 6 heteroatoms. The van der Waals surface area contributed by atoms with Gasteiger partial charge in [0.2, 0.25) is 0 Å². The molecule has 1 amide bonds. The molecular formula is C22H28N2O4. The summed E-state index contributed by atoms with van der Waals surface area (Å²) in [4.78, 5) is 26.1. The molecule has 0 bridgehead atoms. The highest BCUT2D eigenvalue weighted by Crippen LogP contribution is 2.31. The molecule has 1 aliphatic rings. The lowest BCUT2D eigenvalue weighted by molar-refractivity contribution is 0.0198. The van der Waals surface area contributed by atoms with Crippen molar-refractivity contribution in [1.29, 1.82) is 0 Å². The molecule has 6 nitrogen and oxygen atoms in total. The number of methoxy groups -OCH3 is 1. The van der Waals surface area contributed by atoms with Crippen LogP contribution < -0.4 is 0 Å². The maximum atomic E-state index is 12.4. The number of carbonyl (C=O) groups is 2. The summed E-state index contributed by atoms with van der Waals surface area (Å²) < 4.78 is 12.3. The van der Waals surface area contributed by atoms with Crippen LogP contribution in [0.2, 0.25) is 0 Å². The molecule has 0 spiro atoms. The number of ether oxygens (including phenoxy) is 2. The van der Waals surface area contributed by atoms with E-state index in [0.29, 0.717) is 12.1 Å². The van der Waals surface area contributed by atoms with Crippen molar-refractivity contribution in [3.63, 3.8) is 0 Å². The number of amides is 1. The van der Waals surface area contributed by atoms with Crippen molar-refractivity contribution in [2.75, 3.05) is 13.7 Å². The maximum Gasteiger partial charge on any atom is 0.410 e. The van der Waals surface area contributed by atoms with Crippen LogP contribution in [0.25, 0.3) is 16.5 Å². The van der Waals surface area contributed by atoms with Crippen LogP contribution in [0.15, 0.2) is 30.5 Å². The van der Waals surface area contributed by atoms with E-state index in [2.05, 4.69) is 12.1 Å². The minimum Gasteiger partial charge on any atom is -0.465 e. The van der Waals surface area contributed by atoms with E-state index in [-0.39, 0.29) is 18.1 Å². The summed E-state index contributed by atoms with van der Waals surface area (Å²) in [5, 5.41) is 0.873. The minimum absolute atomic E-state index is 0.0459. The molecule has 1 atom stereocenters. The second-order valence-electron chi connectivity index (χ2n) is 8.29. The molecule has 2 aromatic rings. The first-order chi connectivity index (χ1) is 13.1. The Labute approximate surface area is 165 Å². The van der Waals surface area contributed by atoms with Crippen LogP contribution in [0.5, 0.6) is 0 Å². The lowest BCUT2D eigenvalue weighted by atomic mass is 9.94. The summed E-state index contributed by atoms with van der Waals surface area (Å²) in [5.74, 6) is -0.336. The van der Waals surface area contributed by atoms with Crippen molar-refractivity contribution in [1.82, 2.24) is 9.47 Å². The second kappa shape index (κ2) is 7.34.